The van der Waals surface area contributed by atoms with Crippen LogP contribution in [-0.2, 0) is 0 Å². The van der Waals surface area contributed by atoms with Crippen LogP contribution in [0.5, 0.6) is 5.88 Å². The molecule has 0 spiro atoms. The number of ether oxygens (including phenoxy) is 1. The van der Waals surface area contributed by atoms with Crippen LogP contribution in [0.15, 0.2) is 18.8 Å². The fourth-order valence-electron chi connectivity index (χ4n) is 1.48. The van der Waals surface area contributed by atoms with Crippen LogP contribution in [0.1, 0.15) is 30.4 Å². The predicted octanol–water partition coefficient (Wildman–Crippen LogP) is 2.96. The van der Waals surface area contributed by atoms with Crippen LogP contribution < -0.4 is 4.74 Å². The number of nitrogens with zero attached hydrogens (tertiary/aromatic N) is 1. The molecule has 0 unspecified atom stereocenters. The Balaban J connectivity index is 2.10. The summed E-state index contributed by atoms with van der Waals surface area (Å²) in [6.07, 6.45) is 7.66. The van der Waals surface area contributed by atoms with E-state index in [0.717, 1.165) is 11.4 Å². The lowest BCUT2D eigenvalue weighted by atomic mass is 9.96. The monoisotopic (exact) mass is 189 g/mol. The van der Waals surface area contributed by atoms with Gasteiger partial charge >= 0.3 is 0 Å². The van der Waals surface area contributed by atoms with Crippen molar-refractivity contribution in [3.05, 3.63) is 30.0 Å². The number of hydrogen-bond donors (Lipinski definition) is 0. The highest BCUT2D eigenvalue weighted by Gasteiger charge is 2.19. The van der Waals surface area contributed by atoms with Crippen molar-refractivity contribution in [3.63, 3.8) is 0 Å². The summed E-state index contributed by atoms with van der Waals surface area (Å²) in [5.74, 6) is 0.748. The van der Waals surface area contributed by atoms with Gasteiger partial charge in [0.1, 0.15) is 6.10 Å². The first-order chi connectivity index (χ1) is 6.79. The van der Waals surface area contributed by atoms with Gasteiger partial charge in [-0.05, 0) is 37.3 Å². The largest absolute Gasteiger partial charge is 0.474 e. The Kier molecular flexibility index (Phi) is 2.53. The molecule has 0 N–H and O–H groups in total. The van der Waals surface area contributed by atoms with Gasteiger partial charge in [0.05, 0.1) is 0 Å². The molecule has 0 aromatic carbocycles. The Labute approximate surface area is 84.6 Å². The zero-order chi connectivity index (χ0) is 9.97. The lowest BCUT2D eigenvalue weighted by molar-refractivity contribution is 0.114. The molecule has 1 fully saturated rings. The summed E-state index contributed by atoms with van der Waals surface area (Å²) in [6, 6.07) is 1.98. The van der Waals surface area contributed by atoms with Crippen LogP contribution >= 0.6 is 0 Å². The highest BCUT2D eigenvalue weighted by Crippen LogP contribution is 2.24. The standard InChI is InChI=1S/C12H15NO/c1-3-10-8-13-12(7-9(10)2)14-11-5-4-6-11/h3,7-8,11H,1,4-6H2,2H3. The number of rotatable bonds is 3. The van der Waals surface area contributed by atoms with Gasteiger partial charge in [-0.1, -0.05) is 12.7 Å². The molecule has 1 aliphatic carbocycles. The molecule has 2 nitrogen and oxygen atoms in total. The summed E-state index contributed by atoms with van der Waals surface area (Å²) in [5, 5.41) is 0. The van der Waals surface area contributed by atoms with E-state index in [0.29, 0.717) is 6.10 Å². The minimum absolute atomic E-state index is 0.400. The summed E-state index contributed by atoms with van der Waals surface area (Å²) < 4.78 is 5.69. The molecule has 1 aromatic heterocycles. The summed E-state index contributed by atoms with van der Waals surface area (Å²) in [6.45, 7) is 5.78. The molecule has 2 heteroatoms. The molecule has 0 amide bonds. The first-order valence-electron chi connectivity index (χ1n) is 5.05. The van der Waals surface area contributed by atoms with Gasteiger partial charge in [-0.2, -0.15) is 0 Å². The van der Waals surface area contributed by atoms with E-state index >= 15 is 0 Å². The quantitative estimate of drug-likeness (QED) is 0.729. The van der Waals surface area contributed by atoms with Crippen molar-refractivity contribution in [2.75, 3.05) is 0 Å². The Morgan fingerprint density at radius 1 is 1.57 bits per heavy atom. The predicted molar refractivity (Wildman–Crippen MR) is 57.3 cm³/mol. The highest BCUT2D eigenvalue weighted by atomic mass is 16.5. The maximum Gasteiger partial charge on any atom is 0.213 e. The van der Waals surface area contributed by atoms with Crippen LogP contribution in [0, 0.1) is 6.92 Å². The normalized spacial score (nSPS) is 16.1. The van der Waals surface area contributed by atoms with Gasteiger partial charge in [-0.15, -0.1) is 0 Å². The molecule has 1 aliphatic rings. The maximum absolute atomic E-state index is 5.69. The van der Waals surface area contributed by atoms with E-state index in [1.54, 1.807) is 0 Å². The second-order valence-electron chi connectivity index (χ2n) is 3.75. The van der Waals surface area contributed by atoms with Gasteiger partial charge in [0, 0.05) is 12.3 Å². The summed E-state index contributed by atoms with van der Waals surface area (Å²) in [7, 11) is 0. The molecular formula is C12H15NO. The topological polar surface area (TPSA) is 22.1 Å². The van der Waals surface area contributed by atoms with Crippen LogP contribution in [0.25, 0.3) is 6.08 Å². The van der Waals surface area contributed by atoms with Crippen molar-refractivity contribution in [2.45, 2.75) is 32.3 Å². The molecule has 0 bridgehead atoms. The Hall–Kier alpha value is -1.31. The van der Waals surface area contributed by atoms with Crippen LogP contribution in [0.3, 0.4) is 0 Å². The van der Waals surface area contributed by atoms with Crippen molar-refractivity contribution in [2.24, 2.45) is 0 Å². The fraction of sp³-hybridized carbons (Fsp3) is 0.417. The molecule has 2 rings (SSSR count). The molecule has 1 heterocycles. The Morgan fingerprint density at radius 2 is 2.36 bits per heavy atom. The minimum atomic E-state index is 0.400. The number of aromatic nitrogens is 1. The SMILES string of the molecule is C=Cc1cnc(OC2CCC2)cc1C. The highest BCUT2D eigenvalue weighted by molar-refractivity contribution is 5.50. The van der Waals surface area contributed by atoms with Gasteiger partial charge in [-0.3, -0.25) is 0 Å². The first-order valence-corrected chi connectivity index (χ1v) is 5.05. The smallest absolute Gasteiger partial charge is 0.213 e. The number of hydrogen-bond acceptors (Lipinski definition) is 2. The summed E-state index contributed by atoms with van der Waals surface area (Å²) >= 11 is 0. The molecule has 0 atom stereocenters. The van der Waals surface area contributed by atoms with Gasteiger partial charge in [0.2, 0.25) is 5.88 Å². The minimum Gasteiger partial charge on any atom is -0.474 e. The molecule has 0 radical (unpaired) electrons. The molecular weight excluding hydrogens is 174 g/mol. The van der Waals surface area contributed by atoms with Crippen molar-refractivity contribution in [3.8, 4) is 5.88 Å². The number of aryl methyl sites for hydroxylation is 1. The van der Waals surface area contributed by atoms with Gasteiger partial charge in [0.25, 0.3) is 0 Å². The van der Waals surface area contributed by atoms with Gasteiger partial charge in [-0.25, -0.2) is 4.98 Å². The number of pyridine rings is 1. The molecule has 1 aromatic rings. The van der Waals surface area contributed by atoms with E-state index in [-0.39, 0.29) is 0 Å². The second-order valence-corrected chi connectivity index (χ2v) is 3.75. The Bertz CT molecular complexity index is 342. The van der Waals surface area contributed by atoms with Crippen LogP contribution in [0.4, 0.5) is 0 Å². The molecule has 0 aliphatic heterocycles. The van der Waals surface area contributed by atoms with Gasteiger partial charge in [0.15, 0.2) is 0 Å². The average Bonchev–Trinajstić information content (AvgIpc) is 2.12. The van der Waals surface area contributed by atoms with Crippen LogP contribution in [-0.4, -0.2) is 11.1 Å². The van der Waals surface area contributed by atoms with E-state index in [1.165, 1.54) is 24.8 Å². The molecule has 1 saturated carbocycles. The molecule has 0 saturated heterocycles. The summed E-state index contributed by atoms with van der Waals surface area (Å²) in [4.78, 5) is 4.24. The van der Waals surface area contributed by atoms with Crippen LogP contribution in [0.2, 0.25) is 0 Å². The fourth-order valence-corrected chi connectivity index (χ4v) is 1.48. The third kappa shape index (κ3) is 1.79. The van der Waals surface area contributed by atoms with Crippen molar-refractivity contribution >= 4 is 6.08 Å². The molecule has 74 valence electrons. The van der Waals surface area contributed by atoms with E-state index in [1.807, 2.05) is 25.3 Å². The van der Waals surface area contributed by atoms with E-state index < -0.39 is 0 Å². The van der Waals surface area contributed by atoms with E-state index in [2.05, 4.69) is 11.6 Å². The lowest BCUT2D eigenvalue weighted by Gasteiger charge is -2.25. The zero-order valence-electron chi connectivity index (χ0n) is 8.49. The lowest BCUT2D eigenvalue weighted by Crippen LogP contribution is -2.24. The first kappa shape index (κ1) is 9.25. The molecule has 14 heavy (non-hydrogen) atoms. The van der Waals surface area contributed by atoms with E-state index in [9.17, 15) is 0 Å². The third-order valence-electron chi connectivity index (χ3n) is 2.69. The Morgan fingerprint density at radius 3 is 2.86 bits per heavy atom. The zero-order valence-corrected chi connectivity index (χ0v) is 8.49. The summed E-state index contributed by atoms with van der Waals surface area (Å²) in [5.41, 5.74) is 2.25. The third-order valence-corrected chi connectivity index (χ3v) is 2.69. The van der Waals surface area contributed by atoms with Crippen molar-refractivity contribution < 1.29 is 4.74 Å². The van der Waals surface area contributed by atoms with Crippen molar-refractivity contribution in [1.29, 1.82) is 0 Å². The average molecular weight is 189 g/mol. The van der Waals surface area contributed by atoms with Gasteiger partial charge < -0.3 is 4.74 Å². The van der Waals surface area contributed by atoms with Crippen molar-refractivity contribution in [1.82, 2.24) is 4.98 Å². The van der Waals surface area contributed by atoms with E-state index in [4.69, 9.17) is 4.74 Å². The maximum atomic E-state index is 5.69. The second kappa shape index (κ2) is 3.82.